The minimum atomic E-state index is 0.667. The summed E-state index contributed by atoms with van der Waals surface area (Å²) in [6.07, 6.45) is 3.55. The molecule has 0 aliphatic heterocycles. The summed E-state index contributed by atoms with van der Waals surface area (Å²) in [5.74, 6) is 1.36. The maximum absolute atomic E-state index is 5.34. The number of nitrogens with one attached hydrogen (secondary N) is 1. The molecule has 3 aromatic heterocycles. The Morgan fingerprint density at radius 1 is 1.04 bits per heavy atom. The molecule has 0 saturated carbocycles. The van der Waals surface area contributed by atoms with Gasteiger partial charge in [-0.05, 0) is 12.1 Å². The minimum Gasteiger partial charge on any atom is -0.493 e. The van der Waals surface area contributed by atoms with Crippen LogP contribution in [-0.4, -0.2) is 29.2 Å². The number of fused-ring (bicyclic) bond motifs is 1. The molecule has 8 heteroatoms. The molecule has 0 fully saturated rings. The number of rotatable bonds is 5. The smallest absolute Gasteiger partial charge is 0.190 e. The third kappa shape index (κ3) is 3.13. The lowest BCUT2D eigenvalue weighted by molar-refractivity contribution is 0.356. The van der Waals surface area contributed by atoms with Crippen LogP contribution in [0.4, 0.5) is 10.3 Å². The summed E-state index contributed by atoms with van der Waals surface area (Å²) >= 11 is 3.07. The van der Waals surface area contributed by atoms with Gasteiger partial charge in [0.05, 0.1) is 30.1 Å². The molecule has 4 aromatic rings. The van der Waals surface area contributed by atoms with Gasteiger partial charge < -0.3 is 14.8 Å². The fraction of sp³-hybridized carbons (Fsp3) is 0.118. The van der Waals surface area contributed by atoms with Gasteiger partial charge >= 0.3 is 0 Å². The number of benzene rings is 1. The Morgan fingerprint density at radius 3 is 2.64 bits per heavy atom. The average molecular weight is 370 g/mol. The summed E-state index contributed by atoms with van der Waals surface area (Å²) < 4.78 is 11.7. The van der Waals surface area contributed by atoms with Crippen LogP contribution < -0.4 is 14.8 Å². The van der Waals surface area contributed by atoms with Gasteiger partial charge in [0.2, 0.25) is 0 Å². The van der Waals surface area contributed by atoms with E-state index in [1.807, 2.05) is 29.6 Å². The highest BCUT2D eigenvalue weighted by molar-refractivity contribution is 7.22. The number of nitrogens with zero attached hydrogens (tertiary/aromatic N) is 3. The lowest BCUT2D eigenvalue weighted by Crippen LogP contribution is -1.90. The SMILES string of the molecule is COc1cc2nc(Nc3nc(-c4cccnc4)cs3)sc2cc1OC. The number of pyridine rings is 1. The zero-order valence-electron chi connectivity index (χ0n) is 13.5. The third-order valence-electron chi connectivity index (χ3n) is 3.57. The molecule has 0 amide bonds. The second-order valence-corrected chi connectivity index (χ2v) is 6.99. The van der Waals surface area contributed by atoms with Gasteiger partial charge in [-0.3, -0.25) is 4.98 Å². The van der Waals surface area contributed by atoms with Gasteiger partial charge in [0.25, 0.3) is 0 Å². The fourth-order valence-corrected chi connectivity index (χ4v) is 4.04. The van der Waals surface area contributed by atoms with E-state index in [4.69, 9.17) is 9.47 Å². The van der Waals surface area contributed by atoms with E-state index in [2.05, 4.69) is 20.3 Å². The quantitative estimate of drug-likeness (QED) is 0.555. The van der Waals surface area contributed by atoms with Crippen LogP contribution in [0.15, 0.2) is 42.0 Å². The maximum Gasteiger partial charge on any atom is 0.190 e. The molecule has 126 valence electrons. The van der Waals surface area contributed by atoms with Gasteiger partial charge in [0.1, 0.15) is 0 Å². The van der Waals surface area contributed by atoms with Gasteiger partial charge in [-0.15, -0.1) is 11.3 Å². The summed E-state index contributed by atoms with van der Waals surface area (Å²) in [4.78, 5) is 13.3. The van der Waals surface area contributed by atoms with Crippen LogP contribution >= 0.6 is 22.7 Å². The van der Waals surface area contributed by atoms with E-state index < -0.39 is 0 Å². The predicted octanol–water partition coefficient (Wildman–Crippen LogP) is 4.58. The minimum absolute atomic E-state index is 0.667. The van der Waals surface area contributed by atoms with Gasteiger partial charge in [-0.1, -0.05) is 11.3 Å². The fourth-order valence-electron chi connectivity index (χ4n) is 2.38. The molecule has 1 aromatic carbocycles. The molecule has 6 nitrogen and oxygen atoms in total. The topological polar surface area (TPSA) is 69.2 Å². The Hall–Kier alpha value is -2.71. The number of methoxy groups -OCH3 is 2. The molecule has 0 atom stereocenters. The standard InChI is InChI=1S/C17H14N4O2S2/c1-22-13-6-11-15(7-14(13)23-2)25-17(19-11)21-16-20-12(9-24-16)10-4-3-5-18-8-10/h3-9H,1-2H3,(H,19,20,21). The molecular weight excluding hydrogens is 356 g/mol. The molecule has 0 bridgehead atoms. The molecule has 0 unspecified atom stereocenters. The molecule has 25 heavy (non-hydrogen) atoms. The van der Waals surface area contributed by atoms with Crippen molar-refractivity contribution in [3.8, 4) is 22.8 Å². The van der Waals surface area contributed by atoms with Crippen molar-refractivity contribution in [1.82, 2.24) is 15.0 Å². The first-order valence-corrected chi connectivity index (χ1v) is 9.12. The van der Waals surface area contributed by atoms with E-state index in [-0.39, 0.29) is 0 Å². The van der Waals surface area contributed by atoms with Crippen LogP contribution in [0.1, 0.15) is 0 Å². The van der Waals surface area contributed by atoms with E-state index in [1.165, 1.54) is 11.3 Å². The zero-order valence-corrected chi connectivity index (χ0v) is 15.1. The molecule has 0 radical (unpaired) electrons. The van der Waals surface area contributed by atoms with Crippen LogP contribution in [0, 0.1) is 0 Å². The number of ether oxygens (including phenoxy) is 2. The highest BCUT2D eigenvalue weighted by Gasteiger charge is 2.12. The Labute approximate surface area is 152 Å². The molecule has 0 aliphatic rings. The van der Waals surface area contributed by atoms with E-state index in [0.717, 1.165) is 31.7 Å². The lowest BCUT2D eigenvalue weighted by atomic mass is 10.2. The Bertz CT molecular complexity index is 973. The molecule has 0 saturated heterocycles. The number of hydrogen-bond donors (Lipinski definition) is 1. The summed E-state index contributed by atoms with van der Waals surface area (Å²) in [7, 11) is 3.24. The second kappa shape index (κ2) is 6.66. The van der Waals surface area contributed by atoms with Crippen molar-refractivity contribution >= 4 is 43.2 Å². The summed E-state index contributed by atoms with van der Waals surface area (Å²) in [6.45, 7) is 0. The first kappa shape index (κ1) is 15.8. The number of hydrogen-bond acceptors (Lipinski definition) is 8. The van der Waals surface area contributed by atoms with E-state index in [0.29, 0.717) is 11.5 Å². The van der Waals surface area contributed by atoms with Crippen LogP contribution in [-0.2, 0) is 0 Å². The average Bonchev–Trinajstić information content (AvgIpc) is 3.27. The van der Waals surface area contributed by atoms with Gasteiger partial charge in [-0.2, -0.15) is 0 Å². The van der Waals surface area contributed by atoms with Crippen LogP contribution in [0.25, 0.3) is 21.5 Å². The van der Waals surface area contributed by atoms with Crippen molar-refractivity contribution in [2.24, 2.45) is 0 Å². The van der Waals surface area contributed by atoms with Crippen LogP contribution in [0.2, 0.25) is 0 Å². The zero-order chi connectivity index (χ0) is 17.2. The number of aromatic nitrogens is 3. The Morgan fingerprint density at radius 2 is 1.88 bits per heavy atom. The van der Waals surface area contributed by atoms with Crippen LogP contribution in [0.5, 0.6) is 11.5 Å². The molecule has 0 aliphatic carbocycles. The van der Waals surface area contributed by atoms with E-state index in [1.54, 1.807) is 38.0 Å². The van der Waals surface area contributed by atoms with Crippen LogP contribution in [0.3, 0.4) is 0 Å². The monoisotopic (exact) mass is 370 g/mol. The molecule has 0 spiro atoms. The van der Waals surface area contributed by atoms with Crippen molar-refractivity contribution < 1.29 is 9.47 Å². The van der Waals surface area contributed by atoms with Crippen molar-refractivity contribution in [3.05, 3.63) is 42.0 Å². The Kier molecular flexibility index (Phi) is 4.21. The van der Waals surface area contributed by atoms with Crippen molar-refractivity contribution in [2.75, 3.05) is 19.5 Å². The molecular formula is C17H14N4O2S2. The van der Waals surface area contributed by atoms with E-state index in [9.17, 15) is 0 Å². The molecule has 3 heterocycles. The number of thiazole rings is 2. The number of anilines is 2. The van der Waals surface area contributed by atoms with Crippen molar-refractivity contribution in [2.45, 2.75) is 0 Å². The second-order valence-electron chi connectivity index (χ2n) is 5.10. The summed E-state index contributed by atoms with van der Waals surface area (Å²) in [6, 6.07) is 7.69. The molecule has 4 rings (SSSR count). The first-order chi connectivity index (χ1) is 12.3. The van der Waals surface area contributed by atoms with Gasteiger partial charge in [0, 0.05) is 35.5 Å². The Balaban J connectivity index is 1.62. The molecule has 1 N–H and O–H groups in total. The normalized spacial score (nSPS) is 10.8. The van der Waals surface area contributed by atoms with Crippen molar-refractivity contribution in [1.29, 1.82) is 0 Å². The van der Waals surface area contributed by atoms with Gasteiger partial charge in [-0.25, -0.2) is 9.97 Å². The van der Waals surface area contributed by atoms with E-state index >= 15 is 0 Å². The first-order valence-electron chi connectivity index (χ1n) is 7.42. The summed E-state index contributed by atoms with van der Waals surface area (Å²) in [5.41, 5.74) is 2.74. The van der Waals surface area contributed by atoms with Gasteiger partial charge in [0.15, 0.2) is 21.8 Å². The maximum atomic E-state index is 5.34. The highest BCUT2D eigenvalue weighted by atomic mass is 32.1. The lowest BCUT2D eigenvalue weighted by Gasteiger charge is -2.05. The third-order valence-corrected chi connectivity index (χ3v) is 5.26. The van der Waals surface area contributed by atoms with Crippen molar-refractivity contribution in [3.63, 3.8) is 0 Å². The largest absolute Gasteiger partial charge is 0.493 e. The summed E-state index contributed by atoms with van der Waals surface area (Å²) in [5, 5.41) is 6.83. The predicted molar refractivity (Wildman–Crippen MR) is 101 cm³/mol. The highest BCUT2D eigenvalue weighted by Crippen LogP contribution is 2.37.